The molecule has 0 saturated heterocycles. The number of nitrogens with zero attached hydrogens (tertiary/aromatic N) is 1. The van der Waals surface area contributed by atoms with Crippen LogP contribution in [-0.2, 0) is 0 Å². The first-order valence-electron chi connectivity index (χ1n) is 3.55. The summed E-state index contributed by atoms with van der Waals surface area (Å²) >= 11 is 0. The Bertz CT molecular complexity index is 481. The second-order valence-corrected chi connectivity index (χ2v) is 2.66. The second kappa shape index (κ2) is 2.14. The highest BCUT2D eigenvalue weighted by atomic mass is 16.3. The molecule has 12 heavy (non-hydrogen) atoms. The molecule has 2 heterocycles. The third-order valence-electron chi connectivity index (χ3n) is 1.86. The lowest BCUT2D eigenvalue weighted by molar-refractivity contribution is 0.614. The van der Waals surface area contributed by atoms with Gasteiger partial charge in [-0.1, -0.05) is 0 Å². The van der Waals surface area contributed by atoms with Crippen LogP contribution in [0.5, 0.6) is 0 Å². The third-order valence-corrected chi connectivity index (χ3v) is 1.86. The Balaban J connectivity index is 3.05. The molecule has 0 unspecified atom stereocenters. The molecule has 0 aliphatic heterocycles. The Morgan fingerprint density at radius 3 is 3.08 bits per heavy atom. The van der Waals surface area contributed by atoms with Crippen LogP contribution in [-0.4, -0.2) is 4.68 Å². The van der Waals surface area contributed by atoms with E-state index >= 15 is 0 Å². The lowest BCUT2D eigenvalue weighted by Gasteiger charge is -2.00. The molecule has 0 atom stereocenters. The molecule has 0 fully saturated rings. The molecule has 0 radical (unpaired) electrons. The van der Waals surface area contributed by atoms with E-state index in [0.717, 1.165) is 4.68 Å². The van der Waals surface area contributed by atoms with Crippen LogP contribution in [0.4, 0.5) is 0 Å². The number of aryl methyl sites for hydroxylation is 1. The fourth-order valence-corrected chi connectivity index (χ4v) is 1.16. The number of hydrogen-bond acceptors (Lipinski definition) is 3. The summed E-state index contributed by atoms with van der Waals surface area (Å²) in [5.41, 5.74) is 1.04. The quantitative estimate of drug-likeness (QED) is 0.580. The molecule has 2 rings (SSSR count). The predicted molar refractivity (Wildman–Crippen MR) is 45.4 cm³/mol. The number of fused-ring (bicyclic) bond motifs is 1. The van der Waals surface area contributed by atoms with Crippen LogP contribution < -0.4 is 11.4 Å². The minimum atomic E-state index is -0.223. The molecular formula is C8H8N2O2. The van der Waals surface area contributed by atoms with Crippen LogP contribution in [0.25, 0.3) is 11.0 Å². The Labute approximate surface area is 68.2 Å². The van der Waals surface area contributed by atoms with Crippen molar-refractivity contribution in [3.8, 4) is 0 Å². The molecule has 0 aromatic carbocycles. The molecule has 2 aromatic heterocycles. The van der Waals surface area contributed by atoms with Gasteiger partial charge in [-0.15, -0.1) is 0 Å². The Hall–Kier alpha value is -1.71. The van der Waals surface area contributed by atoms with Gasteiger partial charge in [0.2, 0.25) is 0 Å². The van der Waals surface area contributed by atoms with Crippen LogP contribution in [0.3, 0.4) is 0 Å². The van der Waals surface area contributed by atoms with Crippen LogP contribution in [0.2, 0.25) is 0 Å². The fraction of sp³-hybridized carbons (Fsp3) is 0.125. The number of pyridine rings is 1. The topological polar surface area (TPSA) is 61.2 Å². The van der Waals surface area contributed by atoms with Crippen molar-refractivity contribution >= 4 is 11.0 Å². The number of nitrogen functional groups attached to an aromatic ring is 1. The zero-order valence-electron chi connectivity index (χ0n) is 6.57. The highest BCUT2D eigenvalue weighted by molar-refractivity contribution is 5.76. The summed E-state index contributed by atoms with van der Waals surface area (Å²) in [7, 11) is 0. The van der Waals surface area contributed by atoms with E-state index < -0.39 is 0 Å². The van der Waals surface area contributed by atoms with Gasteiger partial charge in [-0.2, -0.15) is 0 Å². The number of furan rings is 1. The van der Waals surface area contributed by atoms with Crippen molar-refractivity contribution in [2.75, 3.05) is 5.84 Å². The van der Waals surface area contributed by atoms with E-state index in [0.29, 0.717) is 16.7 Å². The molecule has 4 heteroatoms. The maximum absolute atomic E-state index is 11.4. The highest BCUT2D eigenvalue weighted by Gasteiger charge is 2.05. The first-order chi connectivity index (χ1) is 5.70. The van der Waals surface area contributed by atoms with E-state index in [4.69, 9.17) is 10.3 Å². The summed E-state index contributed by atoms with van der Waals surface area (Å²) in [5.74, 6) is 5.47. The molecule has 2 N–H and O–H groups in total. The summed E-state index contributed by atoms with van der Waals surface area (Å²) in [6.45, 7) is 1.75. The maximum atomic E-state index is 11.4. The minimum absolute atomic E-state index is 0.223. The van der Waals surface area contributed by atoms with E-state index in [1.165, 1.54) is 6.26 Å². The lowest BCUT2D eigenvalue weighted by atomic mass is 10.3. The molecule has 2 aromatic rings. The standard InChI is InChI=1S/C8H8N2O2/c1-5-4-7-6(2-3-12-7)8(11)10(5)9/h2-4H,9H2,1H3. The summed E-state index contributed by atoms with van der Waals surface area (Å²) in [6.07, 6.45) is 1.48. The Morgan fingerprint density at radius 1 is 1.58 bits per heavy atom. The fourth-order valence-electron chi connectivity index (χ4n) is 1.16. The van der Waals surface area contributed by atoms with Crippen molar-refractivity contribution in [3.63, 3.8) is 0 Å². The van der Waals surface area contributed by atoms with Gasteiger partial charge in [-0.05, 0) is 13.0 Å². The molecule has 0 spiro atoms. The summed E-state index contributed by atoms with van der Waals surface area (Å²) in [5, 5.41) is 0.517. The van der Waals surface area contributed by atoms with Gasteiger partial charge in [-0.3, -0.25) is 4.79 Å². The Kier molecular flexibility index (Phi) is 1.24. The van der Waals surface area contributed by atoms with Gasteiger partial charge in [0.25, 0.3) is 5.56 Å². The van der Waals surface area contributed by atoms with Gasteiger partial charge in [0.15, 0.2) is 0 Å². The molecule has 0 aliphatic rings. The number of aromatic nitrogens is 1. The maximum Gasteiger partial charge on any atom is 0.280 e. The van der Waals surface area contributed by atoms with Gasteiger partial charge in [0.05, 0.1) is 11.6 Å². The first-order valence-corrected chi connectivity index (χ1v) is 3.55. The average molecular weight is 164 g/mol. The monoisotopic (exact) mass is 164 g/mol. The van der Waals surface area contributed by atoms with Crippen LogP contribution >= 0.6 is 0 Å². The van der Waals surface area contributed by atoms with E-state index in [2.05, 4.69) is 0 Å². The lowest BCUT2D eigenvalue weighted by Crippen LogP contribution is -2.28. The SMILES string of the molecule is Cc1cc2occc2c(=O)n1N. The number of hydrogen-bond donors (Lipinski definition) is 1. The van der Waals surface area contributed by atoms with Crippen LogP contribution in [0.1, 0.15) is 5.69 Å². The average Bonchev–Trinajstić information content (AvgIpc) is 2.48. The van der Waals surface area contributed by atoms with Crippen molar-refractivity contribution < 1.29 is 4.42 Å². The smallest absolute Gasteiger partial charge is 0.280 e. The minimum Gasteiger partial charge on any atom is -0.464 e. The van der Waals surface area contributed by atoms with Crippen LogP contribution in [0, 0.1) is 6.92 Å². The van der Waals surface area contributed by atoms with E-state index in [9.17, 15) is 4.79 Å². The first kappa shape index (κ1) is 6.97. The van der Waals surface area contributed by atoms with Gasteiger partial charge in [0, 0.05) is 11.8 Å². The second-order valence-electron chi connectivity index (χ2n) is 2.66. The molecule has 0 bridgehead atoms. The third kappa shape index (κ3) is 0.747. The van der Waals surface area contributed by atoms with E-state index in [-0.39, 0.29) is 5.56 Å². The largest absolute Gasteiger partial charge is 0.464 e. The molecule has 62 valence electrons. The van der Waals surface area contributed by atoms with Gasteiger partial charge in [-0.25, -0.2) is 4.68 Å². The molecule has 0 aliphatic carbocycles. The van der Waals surface area contributed by atoms with Crippen molar-refractivity contribution in [1.29, 1.82) is 0 Å². The Morgan fingerprint density at radius 2 is 2.33 bits per heavy atom. The van der Waals surface area contributed by atoms with Crippen LogP contribution in [0.15, 0.2) is 27.6 Å². The van der Waals surface area contributed by atoms with E-state index in [1.54, 1.807) is 19.1 Å². The number of nitrogens with two attached hydrogens (primary N) is 1. The summed E-state index contributed by atoms with van der Waals surface area (Å²) in [4.78, 5) is 11.4. The van der Waals surface area contributed by atoms with Gasteiger partial charge >= 0.3 is 0 Å². The summed E-state index contributed by atoms with van der Waals surface area (Å²) < 4.78 is 6.17. The van der Waals surface area contributed by atoms with Crippen molar-refractivity contribution in [2.24, 2.45) is 0 Å². The zero-order chi connectivity index (χ0) is 8.72. The van der Waals surface area contributed by atoms with Gasteiger partial charge in [0.1, 0.15) is 5.58 Å². The highest BCUT2D eigenvalue weighted by Crippen LogP contribution is 2.10. The van der Waals surface area contributed by atoms with E-state index in [1.807, 2.05) is 0 Å². The molecular weight excluding hydrogens is 156 g/mol. The predicted octanol–water partition coefficient (Wildman–Crippen LogP) is 0.617. The summed E-state index contributed by atoms with van der Waals surface area (Å²) in [6, 6.07) is 3.34. The van der Waals surface area contributed by atoms with Crippen molar-refractivity contribution in [1.82, 2.24) is 4.68 Å². The molecule has 4 nitrogen and oxygen atoms in total. The van der Waals surface area contributed by atoms with Crippen molar-refractivity contribution in [2.45, 2.75) is 6.92 Å². The normalized spacial score (nSPS) is 10.8. The molecule has 0 amide bonds. The van der Waals surface area contributed by atoms with Crippen molar-refractivity contribution in [3.05, 3.63) is 34.4 Å². The number of rotatable bonds is 0. The van der Waals surface area contributed by atoms with Gasteiger partial charge < -0.3 is 10.3 Å². The molecule has 0 saturated carbocycles. The zero-order valence-corrected chi connectivity index (χ0v) is 6.57.